The number of aromatic nitrogens is 4. The summed E-state index contributed by atoms with van der Waals surface area (Å²) in [4.78, 5) is 1.27. The second kappa shape index (κ2) is 7.04. The second-order valence-electron chi connectivity index (χ2n) is 5.43. The molecule has 2 aromatic carbocycles. The van der Waals surface area contributed by atoms with Crippen molar-refractivity contribution in [3.8, 4) is 5.69 Å². The smallest absolute Gasteiger partial charge is 0.225 e. The number of tetrazole rings is 1. The van der Waals surface area contributed by atoms with Crippen LogP contribution in [0.5, 0.6) is 0 Å². The van der Waals surface area contributed by atoms with E-state index in [1.807, 2.05) is 42.5 Å². The fourth-order valence-corrected chi connectivity index (χ4v) is 2.83. The fourth-order valence-electron chi connectivity index (χ4n) is 2.40. The summed E-state index contributed by atoms with van der Waals surface area (Å²) < 4.78 is 3.91. The first-order chi connectivity index (χ1) is 11.1. The van der Waals surface area contributed by atoms with Crippen LogP contribution in [0.4, 0.5) is 0 Å². The van der Waals surface area contributed by atoms with Gasteiger partial charge in [-0.05, 0) is 40.8 Å². The van der Waals surface area contributed by atoms with E-state index in [1.165, 1.54) is 10.5 Å². The minimum Gasteiger partial charge on any atom is -0.315 e. The van der Waals surface area contributed by atoms with Crippen molar-refractivity contribution >= 4 is 23.8 Å². The molecule has 5 nitrogen and oxygen atoms in total. The maximum absolute atomic E-state index is 6.02. The molecule has 0 bridgehead atoms. The molecular formula is C16H17ClN5S+. The van der Waals surface area contributed by atoms with Gasteiger partial charge in [0.1, 0.15) is 6.54 Å². The Labute approximate surface area is 144 Å². The highest BCUT2D eigenvalue weighted by Gasteiger charge is 2.10. The van der Waals surface area contributed by atoms with Crippen LogP contribution in [-0.2, 0) is 13.2 Å². The molecule has 1 heterocycles. The highest BCUT2D eigenvalue weighted by atomic mass is 35.5. The van der Waals surface area contributed by atoms with Gasteiger partial charge in [-0.3, -0.25) is 0 Å². The first-order valence-corrected chi connectivity index (χ1v) is 8.06. The Morgan fingerprint density at radius 2 is 1.87 bits per heavy atom. The summed E-state index contributed by atoms with van der Waals surface area (Å²) in [5, 5.41) is 8.95. The van der Waals surface area contributed by atoms with Crippen LogP contribution >= 0.6 is 23.8 Å². The molecule has 1 N–H and O–H groups in total. The third kappa shape index (κ3) is 3.85. The molecule has 1 unspecified atom stereocenters. The first-order valence-electron chi connectivity index (χ1n) is 7.27. The molecule has 0 fully saturated rings. The summed E-state index contributed by atoms with van der Waals surface area (Å²) >= 11 is 11.5. The summed E-state index contributed by atoms with van der Waals surface area (Å²) in [5.41, 5.74) is 2.09. The normalized spacial score (nSPS) is 12.3. The van der Waals surface area contributed by atoms with E-state index in [9.17, 15) is 0 Å². The fraction of sp³-hybridized carbons (Fsp3) is 0.188. The van der Waals surface area contributed by atoms with Gasteiger partial charge in [-0.2, -0.15) is 9.36 Å². The van der Waals surface area contributed by atoms with Gasteiger partial charge in [0.05, 0.1) is 12.7 Å². The predicted molar refractivity (Wildman–Crippen MR) is 92.2 cm³/mol. The first kappa shape index (κ1) is 15.9. The van der Waals surface area contributed by atoms with Crippen LogP contribution in [0.1, 0.15) is 5.56 Å². The number of nitrogens with one attached hydrogen (secondary N) is 1. The van der Waals surface area contributed by atoms with Crippen LogP contribution in [0, 0.1) is 4.77 Å². The zero-order valence-electron chi connectivity index (χ0n) is 12.7. The van der Waals surface area contributed by atoms with Crippen molar-refractivity contribution in [2.45, 2.75) is 13.2 Å². The Balaban J connectivity index is 1.76. The number of hydrogen-bond donors (Lipinski definition) is 1. The minimum atomic E-state index is 0.555. The molecule has 0 aliphatic rings. The molecule has 1 atom stereocenters. The van der Waals surface area contributed by atoms with Crippen molar-refractivity contribution in [1.29, 1.82) is 0 Å². The third-order valence-corrected chi connectivity index (χ3v) is 4.08. The summed E-state index contributed by atoms with van der Waals surface area (Å²) in [5.74, 6) is 0. The van der Waals surface area contributed by atoms with Gasteiger partial charge in [-0.25, -0.2) is 0 Å². The SMILES string of the molecule is C[NH+](Cc1ccccc1)Cn1nnn(-c2cccc(Cl)c2)c1=S. The molecule has 23 heavy (non-hydrogen) atoms. The maximum Gasteiger partial charge on any atom is 0.225 e. The highest BCUT2D eigenvalue weighted by Crippen LogP contribution is 2.13. The molecule has 118 valence electrons. The Morgan fingerprint density at radius 1 is 1.09 bits per heavy atom. The summed E-state index contributed by atoms with van der Waals surface area (Å²) in [6.07, 6.45) is 0. The van der Waals surface area contributed by atoms with Crippen molar-refractivity contribution in [2.75, 3.05) is 7.05 Å². The molecule has 0 radical (unpaired) electrons. The van der Waals surface area contributed by atoms with Crippen LogP contribution in [-0.4, -0.2) is 26.8 Å². The monoisotopic (exact) mass is 346 g/mol. The van der Waals surface area contributed by atoms with Gasteiger partial charge >= 0.3 is 0 Å². The predicted octanol–water partition coefficient (Wildman–Crippen LogP) is 2.12. The number of benzene rings is 2. The molecule has 0 aliphatic heterocycles. The second-order valence-corrected chi connectivity index (χ2v) is 6.23. The zero-order valence-corrected chi connectivity index (χ0v) is 14.3. The van der Waals surface area contributed by atoms with E-state index in [1.54, 1.807) is 9.36 Å². The van der Waals surface area contributed by atoms with E-state index in [0.717, 1.165) is 12.2 Å². The molecule has 3 aromatic rings. The molecule has 0 saturated heterocycles. The van der Waals surface area contributed by atoms with Gasteiger partial charge in [0.2, 0.25) is 4.77 Å². The zero-order chi connectivity index (χ0) is 16.2. The number of nitrogens with zero attached hydrogens (tertiary/aromatic N) is 4. The topological polar surface area (TPSA) is 40.1 Å². The summed E-state index contributed by atoms with van der Waals surface area (Å²) in [7, 11) is 2.10. The Hall–Kier alpha value is -2.02. The minimum absolute atomic E-state index is 0.555. The Morgan fingerprint density at radius 3 is 2.61 bits per heavy atom. The quantitative estimate of drug-likeness (QED) is 0.719. The lowest BCUT2D eigenvalue weighted by Gasteiger charge is -2.13. The molecule has 0 spiro atoms. The Kier molecular flexibility index (Phi) is 4.85. The lowest BCUT2D eigenvalue weighted by molar-refractivity contribution is -0.917. The maximum atomic E-state index is 6.02. The number of halogens is 1. The molecule has 3 rings (SSSR count). The van der Waals surface area contributed by atoms with Crippen LogP contribution in [0.25, 0.3) is 5.69 Å². The van der Waals surface area contributed by atoms with Gasteiger partial charge in [0.25, 0.3) is 0 Å². The van der Waals surface area contributed by atoms with E-state index in [-0.39, 0.29) is 0 Å². The van der Waals surface area contributed by atoms with Gasteiger partial charge in [-0.1, -0.05) is 48.0 Å². The van der Waals surface area contributed by atoms with Gasteiger partial charge in [-0.15, -0.1) is 0 Å². The standard InChI is InChI=1S/C16H16ClN5S/c1-20(11-13-6-3-2-4-7-13)12-21-16(23)22(19-18-21)15-9-5-8-14(17)10-15/h2-10H,11-12H2,1H3/p+1. The molecule has 0 saturated carbocycles. The summed E-state index contributed by atoms with van der Waals surface area (Å²) in [6, 6.07) is 17.7. The van der Waals surface area contributed by atoms with Crippen molar-refractivity contribution < 1.29 is 4.90 Å². The van der Waals surface area contributed by atoms with Crippen molar-refractivity contribution in [3.05, 3.63) is 70.0 Å². The van der Waals surface area contributed by atoms with Crippen LogP contribution in [0.3, 0.4) is 0 Å². The van der Waals surface area contributed by atoms with E-state index >= 15 is 0 Å². The van der Waals surface area contributed by atoms with E-state index in [0.29, 0.717) is 16.5 Å². The Bertz CT molecular complexity index is 843. The molecule has 0 aliphatic carbocycles. The number of rotatable bonds is 5. The van der Waals surface area contributed by atoms with Crippen LogP contribution < -0.4 is 4.90 Å². The van der Waals surface area contributed by atoms with Crippen molar-refractivity contribution in [3.63, 3.8) is 0 Å². The molecular weight excluding hydrogens is 330 g/mol. The lowest BCUT2D eigenvalue weighted by atomic mass is 10.2. The summed E-state index contributed by atoms with van der Waals surface area (Å²) in [6.45, 7) is 1.54. The number of quaternary nitrogens is 1. The number of hydrogen-bond acceptors (Lipinski definition) is 3. The van der Waals surface area contributed by atoms with E-state index < -0.39 is 0 Å². The van der Waals surface area contributed by atoms with Crippen LogP contribution in [0.15, 0.2) is 54.6 Å². The molecule has 7 heteroatoms. The third-order valence-electron chi connectivity index (χ3n) is 3.46. The van der Waals surface area contributed by atoms with Crippen molar-refractivity contribution in [1.82, 2.24) is 19.8 Å². The van der Waals surface area contributed by atoms with Crippen molar-refractivity contribution in [2.24, 2.45) is 0 Å². The highest BCUT2D eigenvalue weighted by molar-refractivity contribution is 7.71. The van der Waals surface area contributed by atoms with Gasteiger partial charge in [0.15, 0.2) is 6.67 Å². The molecule has 1 aromatic heterocycles. The van der Waals surface area contributed by atoms with Gasteiger partial charge in [0, 0.05) is 10.6 Å². The lowest BCUT2D eigenvalue weighted by Crippen LogP contribution is -3.07. The van der Waals surface area contributed by atoms with Crippen LogP contribution in [0.2, 0.25) is 5.02 Å². The average molecular weight is 347 g/mol. The molecule has 0 amide bonds. The van der Waals surface area contributed by atoms with Gasteiger partial charge < -0.3 is 4.90 Å². The average Bonchev–Trinajstić information content (AvgIpc) is 2.89. The van der Waals surface area contributed by atoms with E-state index in [2.05, 4.69) is 29.6 Å². The van der Waals surface area contributed by atoms with E-state index in [4.69, 9.17) is 23.8 Å². The largest absolute Gasteiger partial charge is 0.315 e.